The van der Waals surface area contributed by atoms with Crippen molar-refractivity contribution >= 4 is 57.8 Å². The Labute approximate surface area is 150 Å². The molecule has 0 amide bonds. The molecule has 2 nitrogen and oxygen atoms in total. The lowest BCUT2D eigenvalue weighted by atomic mass is 10.1. The molecule has 2 aromatic rings. The Morgan fingerprint density at radius 1 is 0.727 bits per heavy atom. The summed E-state index contributed by atoms with van der Waals surface area (Å²) in [5, 5.41) is 2.23. The summed E-state index contributed by atoms with van der Waals surface area (Å²) < 4.78 is 0. The summed E-state index contributed by atoms with van der Waals surface area (Å²) in [6.45, 7) is 4.07. The van der Waals surface area contributed by atoms with Gasteiger partial charge in [-0.1, -0.05) is 66.3 Å². The quantitative estimate of drug-likeness (QED) is 0.555. The predicted octanol–water partition coefficient (Wildman–Crippen LogP) is 6.86. The van der Waals surface area contributed by atoms with Gasteiger partial charge in [0.2, 0.25) is 0 Å². The monoisotopic (exact) mass is 376 g/mol. The molecule has 0 aromatic heterocycles. The maximum atomic E-state index is 6.29. The van der Waals surface area contributed by atoms with E-state index in [1.165, 1.54) is 0 Å². The molecule has 0 spiro atoms. The van der Waals surface area contributed by atoms with Gasteiger partial charge in [-0.05, 0) is 42.2 Å². The lowest BCUT2D eigenvalue weighted by molar-refractivity contribution is 1.12. The molecule has 0 aliphatic rings. The van der Waals surface area contributed by atoms with Crippen molar-refractivity contribution in [3.8, 4) is 0 Å². The summed E-state index contributed by atoms with van der Waals surface area (Å²) in [5.74, 6) is 0. The zero-order chi connectivity index (χ0) is 16.3. The summed E-state index contributed by atoms with van der Waals surface area (Å²) in [6.07, 6.45) is 1.58. The smallest absolute Gasteiger partial charge is 0.0844 e. The maximum absolute atomic E-state index is 6.29. The van der Waals surface area contributed by atoms with E-state index in [0.29, 0.717) is 20.1 Å². The van der Waals surface area contributed by atoms with Crippen LogP contribution in [0, 0.1) is 0 Å². The third kappa shape index (κ3) is 3.57. The van der Waals surface area contributed by atoms with Crippen molar-refractivity contribution < 1.29 is 0 Å². The zero-order valence-corrected chi connectivity index (χ0v) is 15.3. The number of anilines is 2. The fraction of sp³-hybridized carbons (Fsp3) is 0.250. The molecule has 2 rings (SSSR count). The Bertz CT molecular complexity index is 684. The number of hydrogen-bond acceptors (Lipinski definition) is 2. The summed E-state index contributed by atoms with van der Waals surface area (Å²) in [6, 6.07) is 7.28. The van der Waals surface area contributed by atoms with Gasteiger partial charge in [0.1, 0.15) is 0 Å². The van der Waals surface area contributed by atoms with Gasteiger partial charge in [-0.15, -0.1) is 0 Å². The van der Waals surface area contributed by atoms with Gasteiger partial charge in [0.05, 0.1) is 26.4 Å². The minimum absolute atomic E-state index is 0.477. The van der Waals surface area contributed by atoms with E-state index in [4.69, 9.17) is 46.4 Å². The summed E-state index contributed by atoms with van der Waals surface area (Å²) in [7, 11) is 0. The molecule has 0 unspecified atom stereocenters. The van der Waals surface area contributed by atoms with Crippen LogP contribution < -0.4 is 10.9 Å². The van der Waals surface area contributed by atoms with Crippen molar-refractivity contribution in [2.45, 2.75) is 26.7 Å². The van der Waals surface area contributed by atoms with Crippen molar-refractivity contribution in [1.82, 2.24) is 0 Å². The van der Waals surface area contributed by atoms with Crippen molar-refractivity contribution in [2.24, 2.45) is 0 Å². The van der Waals surface area contributed by atoms with Crippen molar-refractivity contribution in [2.75, 3.05) is 10.9 Å². The lowest BCUT2D eigenvalue weighted by Gasteiger charge is -2.19. The molecule has 22 heavy (non-hydrogen) atoms. The largest absolute Gasteiger partial charge is 0.299 e. The zero-order valence-electron chi connectivity index (χ0n) is 12.2. The van der Waals surface area contributed by atoms with E-state index in [0.717, 1.165) is 35.3 Å². The number of rotatable bonds is 5. The van der Waals surface area contributed by atoms with Crippen LogP contribution in [0.1, 0.15) is 25.0 Å². The molecule has 0 atom stereocenters. The average Bonchev–Trinajstić information content (AvgIpc) is 2.51. The topological polar surface area (TPSA) is 24.1 Å². The summed E-state index contributed by atoms with van der Waals surface area (Å²) in [5.41, 5.74) is 9.73. The molecule has 0 saturated carbocycles. The van der Waals surface area contributed by atoms with E-state index >= 15 is 0 Å². The average molecular weight is 378 g/mol. The summed E-state index contributed by atoms with van der Waals surface area (Å²) >= 11 is 24.9. The Morgan fingerprint density at radius 2 is 1.32 bits per heavy atom. The van der Waals surface area contributed by atoms with Gasteiger partial charge in [0, 0.05) is 5.02 Å². The highest BCUT2D eigenvalue weighted by Crippen LogP contribution is 2.36. The van der Waals surface area contributed by atoms with Crippen LogP contribution in [-0.4, -0.2) is 0 Å². The number of benzene rings is 2. The Hall–Kier alpha value is -0.800. The third-order valence-electron chi connectivity index (χ3n) is 3.43. The first-order chi connectivity index (χ1) is 10.5. The normalized spacial score (nSPS) is 10.6. The lowest BCUT2D eigenvalue weighted by Crippen LogP contribution is -2.13. The van der Waals surface area contributed by atoms with Gasteiger partial charge in [-0.3, -0.25) is 10.9 Å². The maximum Gasteiger partial charge on any atom is 0.0844 e. The fourth-order valence-electron chi connectivity index (χ4n) is 2.22. The van der Waals surface area contributed by atoms with Crippen LogP contribution in [0.15, 0.2) is 24.3 Å². The van der Waals surface area contributed by atoms with E-state index in [2.05, 4.69) is 17.8 Å². The van der Waals surface area contributed by atoms with Crippen LogP contribution in [0.5, 0.6) is 0 Å². The third-order valence-corrected chi connectivity index (χ3v) is 4.91. The van der Waals surface area contributed by atoms with Crippen LogP contribution >= 0.6 is 46.4 Å². The molecule has 0 bridgehead atoms. The SMILES string of the molecule is CCc1ccc(Cl)c(Cl)c1NNc1c(Cl)ccc(Cl)c1CC. The molecule has 118 valence electrons. The van der Waals surface area contributed by atoms with Crippen LogP contribution in [-0.2, 0) is 12.8 Å². The van der Waals surface area contributed by atoms with Crippen LogP contribution in [0.4, 0.5) is 11.4 Å². The van der Waals surface area contributed by atoms with Gasteiger partial charge >= 0.3 is 0 Å². The molecular formula is C16H16Cl4N2. The Kier molecular flexibility index (Phi) is 6.10. The van der Waals surface area contributed by atoms with Gasteiger partial charge in [0.25, 0.3) is 0 Å². The Balaban J connectivity index is 2.36. The van der Waals surface area contributed by atoms with E-state index in [1.807, 2.05) is 13.0 Å². The number of hydrazine groups is 1. The first-order valence-corrected chi connectivity index (χ1v) is 8.46. The molecule has 0 radical (unpaired) electrons. The van der Waals surface area contributed by atoms with Crippen molar-refractivity contribution in [1.29, 1.82) is 0 Å². The molecule has 0 aliphatic heterocycles. The predicted molar refractivity (Wildman–Crippen MR) is 98.9 cm³/mol. The van der Waals surface area contributed by atoms with Crippen molar-refractivity contribution in [3.05, 3.63) is 55.5 Å². The number of halogens is 4. The molecular weight excluding hydrogens is 362 g/mol. The molecule has 2 N–H and O–H groups in total. The Morgan fingerprint density at radius 3 is 1.95 bits per heavy atom. The van der Waals surface area contributed by atoms with E-state index < -0.39 is 0 Å². The second-order valence-electron chi connectivity index (χ2n) is 4.74. The molecule has 2 aromatic carbocycles. The molecule has 0 fully saturated rings. The first kappa shape index (κ1) is 17.6. The highest BCUT2D eigenvalue weighted by molar-refractivity contribution is 6.44. The first-order valence-electron chi connectivity index (χ1n) is 6.95. The number of aryl methyl sites for hydroxylation is 1. The van der Waals surface area contributed by atoms with Gasteiger partial charge < -0.3 is 0 Å². The van der Waals surface area contributed by atoms with Gasteiger partial charge in [-0.25, -0.2) is 0 Å². The minimum atomic E-state index is 0.477. The standard InChI is InChI=1S/C16H16Cl4N2/c1-3-9-5-6-12(18)14(20)15(9)21-22-16-10(4-2)11(17)7-8-13(16)19/h5-8,21-22H,3-4H2,1-2H3. The van der Waals surface area contributed by atoms with E-state index in [9.17, 15) is 0 Å². The highest BCUT2D eigenvalue weighted by atomic mass is 35.5. The van der Waals surface area contributed by atoms with E-state index in [-0.39, 0.29) is 0 Å². The molecule has 0 saturated heterocycles. The second kappa shape index (κ2) is 7.65. The van der Waals surface area contributed by atoms with Crippen LogP contribution in [0.25, 0.3) is 0 Å². The molecule has 0 heterocycles. The second-order valence-corrected chi connectivity index (χ2v) is 6.33. The van der Waals surface area contributed by atoms with Crippen LogP contribution in [0.3, 0.4) is 0 Å². The number of nitrogens with one attached hydrogen (secondary N) is 2. The fourth-order valence-corrected chi connectivity index (χ4v) is 3.12. The summed E-state index contributed by atoms with van der Waals surface area (Å²) in [4.78, 5) is 0. The van der Waals surface area contributed by atoms with E-state index in [1.54, 1.807) is 18.2 Å². The molecule has 0 aliphatic carbocycles. The van der Waals surface area contributed by atoms with Gasteiger partial charge in [0.15, 0.2) is 0 Å². The molecule has 6 heteroatoms. The highest BCUT2D eigenvalue weighted by Gasteiger charge is 2.13. The number of hydrogen-bond donors (Lipinski definition) is 2. The minimum Gasteiger partial charge on any atom is -0.299 e. The van der Waals surface area contributed by atoms with Gasteiger partial charge in [-0.2, -0.15) is 0 Å². The van der Waals surface area contributed by atoms with Crippen LogP contribution in [0.2, 0.25) is 20.1 Å². The van der Waals surface area contributed by atoms with Crippen molar-refractivity contribution in [3.63, 3.8) is 0 Å².